The van der Waals surface area contributed by atoms with Crippen molar-refractivity contribution in [3.05, 3.63) is 34.1 Å². The van der Waals surface area contributed by atoms with Gasteiger partial charge in [-0.1, -0.05) is 6.07 Å². The van der Waals surface area contributed by atoms with E-state index in [-0.39, 0.29) is 29.7 Å². The minimum atomic E-state index is -0.502. The molecule has 2 saturated heterocycles. The van der Waals surface area contributed by atoms with Crippen LogP contribution in [0.2, 0.25) is 0 Å². The van der Waals surface area contributed by atoms with Crippen LogP contribution in [-0.2, 0) is 0 Å². The van der Waals surface area contributed by atoms with Crippen LogP contribution in [0.3, 0.4) is 0 Å². The number of carbonyl (C=O) groups excluding carboxylic acids is 1. The summed E-state index contributed by atoms with van der Waals surface area (Å²) in [4.78, 5) is 14.3. The molecule has 0 saturated carbocycles. The van der Waals surface area contributed by atoms with E-state index in [4.69, 9.17) is 0 Å². The predicted octanol–water partition coefficient (Wildman–Crippen LogP) is 2.72. The van der Waals surface area contributed by atoms with Crippen molar-refractivity contribution in [2.45, 2.75) is 43.9 Å². The highest BCUT2D eigenvalue weighted by atomic mass is 79.9. The summed E-state index contributed by atoms with van der Waals surface area (Å²) in [6.45, 7) is 0. The summed E-state index contributed by atoms with van der Waals surface area (Å²) in [5.41, 5.74) is 0.114. The van der Waals surface area contributed by atoms with E-state index in [1.165, 1.54) is 6.07 Å². The predicted molar refractivity (Wildman–Crippen MR) is 72.3 cm³/mol. The van der Waals surface area contributed by atoms with E-state index in [0.29, 0.717) is 17.3 Å². The van der Waals surface area contributed by atoms with E-state index >= 15 is 0 Å². The molecule has 0 spiro atoms. The number of carbonyl (C=O) groups is 1. The fourth-order valence-electron chi connectivity index (χ4n) is 3.29. The zero-order valence-electron chi connectivity index (χ0n) is 10.4. The monoisotopic (exact) mass is 327 g/mol. The summed E-state index contributed by atoms with van der Waals surface area (Å²) in [6.07, 6.45) is 2.70. The summed E-state index contributed by atoms with van der Waals surface area (Å²) < 4.78 is 14.3. The third-order valence-electron chi connectivity index (χ3n) is 4.12. The first-order valence-electron chi connectivity index (χ1n) is 6.52. The van der Waals surface area contributed by atoms with Crippen LogP contribution in [0.25, 0.3) is 0 Å². The number of fused-ring (bicyclic) bond motifs is 2. The summed E-state index contributed by atoms with van der Waals surface area (Å²) in [7, 11) is 0. The van der Waals surface area contributed by atoms with E-state index < -0.39 is 5.82 Å². The molecule has 2 heterocycles. The van der Waals surface area contributed by atoms with E-state index in [1.54, 1.807) is 17.0 Å². The number of amides is 1. The standard InChI is InChI=1S/C14H15BrFNO2/c15-12-3-1-2-11(13(12)16)14(19)17-8-4-5-9(17)7-10(18)6-8/h1-3,8-10,18H,4-7H2. The Morgan fingerprint density at radius 1 is 1.32 bits per heavy atom. The quantitative estimate of drug-likeness (QED) is 0.861. The van der Waals surface area contributed by atoms with Crippen LogP contribution in [0.15, 0.2) is 22.7 Å². The Labute approximate surface area is 119 Å². The smallest absolute Gasteiger partial charge is 0.257 e. The molecular weight excluding hydrogens is 313 g/mol. The van der Waals surface area contributed by atoms with Crippen molar-refractivity contribution in [1.29, 1.82) is 0 Å². The largest absolute Gasteiger partial charge is 0.393 e. The summed E-state index contributed by atoms with van der Waals surface area (Å²) in [5.74, 6) is -0.753. The molecule has 2 bridgehead atoms. The topological polar surface area (TPSA) is 40.5 Å². The Morgan fingerprint density at radius 2 is 1.95 bits per heavy atom. The van der Waals surface area contributed by atoms with Gasteiger partial charge < -0.3 is 10.0 Å². The molecule has 2 atom stereocenters. The minimum absolute atomic E-state index is 0.0552. The Balaban J connectivity index is 1.91. The maximum absolute atomic E-state index is 14.0. The number of rotatable bonds is 1. The van der Waals surface area contributed by atoms with Crippen LogP contribution in [0.5, 0.6) is 0 Å². The number of halogens is 2. The summed E-state index contributed by atoms with van der Waals surface area (Å²) in [6, 6.07) is 4.88. The highest BCUT2D eigenvalue weighted by Gasteiger charge is 2.43. The first kappa shape index (κ1) is 13.1. The lowest BCUT2D eigenvalue weighted by Crippen LogP contribution is -2.48. The van der Waals surface area contributed by atoms with Crippen LogP contribution < -0.4 is 0 Å². The third kappa shape index (κ3) is 2.19. The Bertz CT molecular complexity index is 508. The normalized spacial score (nSPS) is 29.6. The van der Waals surface area contributed by atoms with E-state index in [9.17, 15) is 14.3 Å². The molecular formula is C14H15BrFNO2. The van der Waals surface area contributed by atoms with Crippen molar-refractivity contribution in [3.63, 3.8) is 0 Å². The number of nitrogens with zero attached hydrogens (tertiary/aromatic N) is 1. The van der Waals surface area contributed by atoms with Crippen LogP contribution >= 0.6 is 15.9 Å². The van der Waals surface area contributed by atoms with Crippen molar-refractivity contribution in [1.82, 2.24) is 4.90 Å². The van der Waals surface area contributed by atoms with Gasteiger partial charge in [-0.2, -0.15) is 0 Å². The van der Waals surface area contributed by atoms with Crippen molar-refractivity contribution >= 4 is 21.8 Å². The number of aliphatic hydroxyl groups is 1. The van der Waals surface area contributed by atoms with Gasteiger partial charge in [0.2, 0.25) is 0 Å². The summed E-state index contributed by atoms with van der Waals surface area (Å²) in [5, 5.41) is 9.74. The van der Waals surface area contributed by atoms with Gasteiger partial charge in [0, 0.05) is 12.1 Å². The molecule has 2 fully saturated rings. The zero-order chi connectivity index (χ0) is 13.6. The van der Waals surface area contributed by atoms with Gasteiger partial charge in [-0.25, -0.2) is 4.39 Å². The lowest BCUT2D eigenvalue weighted by atomic mass is 9.98. The molecule has 0 radical (unpaired) electrons. The number of hydrogen-bond acceptors (Lipinski definition) is 2. The lowest BCUT2D eigenvalue weighted by Gasteiger charge is -2.37. The van der Waals surface area contributed by atoms with Gasteiger partial charge in [0.1, 0.15) is 5.82 Å². The molecule has 0 aromatic heterocycles. The van der Waals surface area contributed by atoms with Gasteiger partial charge in [0.05, 0.1) is 16.1 Å². The van der Waals surface area contributed by atoms with Gasteiger partial charge in [-0.3, -0.25) is 4.79 Å². The lowest BCUT2D eigenvalue weighted by molar-refractivity contribution is 0.0283. The van der Waals surface area contributed by atoms with E-state index in [2.05, 4.69) is 15.9 Å². The molecule has 2 unspecified atom stereocenters. The highest BCUT2D eigenvalue weighted by Crippen LogP contribution is 2.37. The van der Waals surface area contributed by atoms with Gasteiger partial charge in [0.25, 0.3) is 5.91 Å². The second kappa shape index (κ2) is 4.87. The van der Waals surface area contributed by atoms with Crippen molar-refractivity contribution in [2.75, 3.05) is 0 Å². The average Bonchev–Trinajstić information content (AvgIpc) is 2.64. The average molecular weight is 328 g/mol. The fraction of sp³-hybridized carbons (Fsp3) is 0.500. The number of piperidine rings is 1. The molecule has 1 aromatic rings. The van der Waals surface area contributed by atoms with Crippen molar-refractivity contribution in [3.8, 4) is 0 Å². The van der Waals surface area contributed by atoms with E-state index in [0.717, 1.165) is 12.8 Å². The molecule has 3 rings (SSSR count). The molecule has 1 aromatic carbocycles. The van der Waals surface area contributed by atoms with Crippen molar-refractivity contribution < 1.29 is 14.3 Å². The SMILES string of the molecule is O=C(c1cccc(Br)c1F)N1C2CCC1CC(O)C2. The van der Waals surface area contributed by atoms with Crippen LogP contribution in [-0.4, -0.2) is 34.1 Å². The van der Waals surface area contributed by atoms with E-state index in [1.807, 2.05) is 0 Å². The Hall–Kier alpha value is -0.940. The molecule has 102 valence electrons. The van der Waals surface area contributed by atoms with Gasteiger partial charge >= 0.3 is 0 Å². The van der Waals surface area contributed by atoms with Crippen LogP contribution in [0.1, 0.15) is 36.0 Å². The molecule has 2 aliphatic heterocycles. The zero-order valence-corrected chi connectivity index (χ0v) is 11.9. The Kier molecular flexibility index (Phi) is 3.35. The van der Waals surface area contributed by atoms with Crippen LogP contribution in [0, 0.1) is 5.82 Å². The Morgan fingerprint density at radius 3 is 2.58 bits per heavy atom. The molecule has 1 N–H and O–H groups in total. The van der Waals surface area contributed by atoms with Gasteiger partial charge in [0.15, 0.2) is 0 Å². The molecule has 0 aliphatic carbocycles. The molecule has 19 heavy (non-hydrogen) atoms. The first-order valence-corrected chi connectivity index (χ1v) is 7.32. The maximum atomic E-state index is 14.0. The van der Waals surface area contributed by atoms with Gasteiger partial charge in [-0.05, 0) is 53.7 Å². The van der Waals surface area contributed by atoms with Crippen molar-refractivity contribution in [2.24, 2.45) is 0 Å². The summed E-state index contributed by atoms with van der Waals surface area (Å²) >= 11 is 3.11. The second-order valence-electron chi connectivity index (χ2n) is 5.32. The number of aliphatic hydroxyl groups excluding tert-OH is 1. The maximum Gasteiger partial charge on any atom is 0.257 e. The number of benzene rings is 1. The highest BCUT2D eigenvalue weighted by molar-refractivity contribution is 9.10. The molecule has 5 heteroatoms. The molecule has 1 amide bonds. The second-order valence-corrected chi connectivity index (χ2v) is 6.18. The molecule has 2 aliphatic rings. The molecule has 3 nitrogen and oxygen atoms in total. The number of hydrogen-bond donors (Lipinski definition) is 1. The fourth-order valence-corrected chi connectivity index (χ4v) is 3.65. The van der Waals surface area contributed by atoms with Crippen LogP contribution in [0.4, 0.5) is 4.39 Å². The minimum Gasteiger partial charge on any atom is -0.393 e. The van der Waals surface area contributed by atoms with Gasteiger partial charge in [-0.15, -0.1) is 0 Å². The first-order chi connectivity index (χ1) is 9.08. The third-order valence-corrected chi connectivity index (χ3v) is 4.74.